The number of aliphatic hydroxyl groups is 2. The number of hydrogen-bond acceptors (Lipinski definition) is 4. The van der Waals surface area contributed by atoms with E-state index in [0.29, 0.717) is 25.2 Å². The quantitative estimate of drug-likeness (QED) is 0.466. The Bertz CT molecular complexity index is 136. The van der Waals surface area contributed by atoms with Crippen LogP contribution in [0.15, 0.2) is 0 Å². The van der Waals surface area contributed by atoms with Gasteiger partial charge in [-0.2, -0.15) is 0 Å². The molecule has 0 aromatic heterocycles. The predicted molar refractivity (Wildman–Crippen MR) is 62.9 cm³/mol. The summed E-state index contributed by atoms with van der Waals surface area (Å²) in [7, 11) is 0. The summed E-state index contributed by atoms with van der Waals surface area (Å²) in [5.74, 6) is 0. The van der Waals surface area contributed by atoms with E-state index in [4.69, 9.17) is 10.2 Å². The van der Waals surface area contributed by atoms with Crippen molar-refractivity contribution in [3.63, 3.8) is 0 Å². The summed E-state index contributed by atoms with van der Waals surface area (Å²) < 4.78 is 0. The molecule has 0 aromatic rings. The lowest BCUT2D eigenvalue weighted by Gasteiger charge is -2.21. The van der Waals surface area contributed by atoms with Crippen LogP contribution < -0.4 is 10.6 Å². The second-order valence-electron chi connectivity index (χ2n) is 4.55. The Hall–Kier alpha value is -0.160. The summed E-state index contributed by atoms with van der Waals surface area (Å²) >= 11 is 0. The first-order valence-corrected chi connectivity index (χ1v) is 5.74. The van der Waals surface area contributed by atoms with Crippen LogP contribution in [0, 0.1) is 0 Å². The van der Waals surface area contributed by atoms with Crippen molar-refractivity contribution in [2.24, 2.45) is 0 Å². The van der Waals surface area contributed by atoms with Crippen LogP contribution >= 0.6 is 0 Å². The average Bonchev–Trinajstić information content (AvgIpc) is 2.11. The monoisotopic (exact) mass is 218 g/mol. The topological polar surface area (TPSA) is 64.5 Å². The summed E-state index contributed by atoms with van der Waals surface area (Å²) in [6.07, 6.45) is 0.390. The Balaban J connectivity index is 3.52. The summed E-state index contributed by atoms with van der Waals surface area (Å²) in [5, 5.41) is 24.7. The fourth-order valence-electron chi connectivity index (χ4n) is 1.44. The molecule has 4 nitrogen and oxygen atoms in total. The van der Waals surface area contributed by atoms with Gasteiger partial charge in [-0.05, 0) is 34.1 Å². The first-order chi connectivity index (χ1) is 6.91. The van der Waals surface area contributed by atoms with Crippen LogP contribution in [0.4, 0.5) is 0 Å². The van der Waals surface area contributed by atoms with E-state index in [1.165, 1.54) is 0 Å². The van der Waals surface area contributed by atoms with Crippen molar-refractivity contribution in [1.29, 1.82) is 0 Å². The highest BCUT2D eigenvalue weighted by Crippen LogP contribution is 1.97. The average molecular weight is 218 g/mol. The number of hydrogen-bond donors (Lipinski definition) is 4. The van der Waals surface area contributed by atoms with Crippen molar-refractivity contribution in [1.82, 2.24) is 10.6 Å². The van der Waals surface area contributed by atoms with Gasteiger partial charge in [0, 0.05) is 25.2 Å². The molecule has 0 aromatic carbocycles. The minimum Gasteiger partial charge on any atom is -0.392 e. The summed E-state index contributed by atoms with van der Waals surface area (Å²) in [4.78, 5) is 0. The van der Waals surface area contributed by atoms with E-state index in [0.717, 1.165) is 6.42 Å². The fraction of sp³-hybridized carbons (Fsp3) is 1.00. The SMILES string of the molecule is CC(O)CNC(C)CC(C)NCC(C)O. The second kappa shape index (κ2) is 8.05. The zero-order chi connectivity index (χ0) is 11.8. The van der Waals surface area contributed by atoms with E-state index in [-0.39, 0.29) is 12.2 Å². The van der Waals surface area contributed by atoms with E-state index in [1.54, 1.807) is 13.8 Å². The van der Waals surface area contributed by atoms with Crippen molar-refractivity contribution in [3.05, 3.63) is 0 Å². The van der Waals surface area contributed by atoms with Gasteiger partial charge in [0.15, 0.2) is 0 Å². The molecule has 0 heterocycles. The Morgan fingerprint density at radius 3 is 1.40 bits per heavy atom. The van der Waals surface area contributed by atoms with Crippen LogP contribution in [-0.2, 0) is 0 Å². The molecule has 0 saturated heterocycles. The van der Waals surface area contributed by atoms with E-state index >= 15 is 0 Å². The number of nitrogens with one attached hydrogen (secondary N) is 2. The molecule has 0 fully saturated rings. The van der Waals surface area contributed by atoms with Gasteiger partial charge < -0.3 is 20.8 Å². The Morgan fingerprint density at radius 1 is 0.800 bits per heavy atom. The molecule has 15 heavy (non-hydrogen) atoms. The summed E-state index contributed by atoms with van der Waals surface area (Å²) in [6, 6.07) is 0.743. The molecule has 0 bridgehead atoms. The maximum Gasteiger partial charge on any atom is 0.0636 e. The molecule has 0 saturated carbocycles. The lowest BCUT2D eigenvalue weighted by Crippen LogP contribution is -2.39. The zero-order valence-corrected chi connectivity index (χ0v) is 10.3. The Morgan fingerprint density at radius 2 is 1.13 bits per heavy atom. The summed E-state index contributed by atoms with van der Waals surface area (Å²) in [5.41, 5.74) is 0. The third-order valence-corrected chi connectivity index (χ3v) is 2.23. The lowest BCUT2D eigenvalue weighted by molar-refractivity contribution is 0.179. The minimum absolute atomic E-state index is 0.298. The van der Waals surface area contributed by atoms with E-state index in [2.05, 4.69) is 24.5 Å². The number of rotatable bonds is 8. The van der Waals surface area contributed by atoms with Crippen molar-refractivity contribution < 1.29 is 10.2 Å². The molecular formula is C11H26N2O2. The van der Waals surface area contributed by atoms with E-state index in [9.17, 15) is 0 Å². The molecule has 4 N–H and O–H groups in total. The van der Waals surface area contributed by atoms with Crippen molar-refractivity contribution in [2.75, 3.05) is 13.1 Å². The smallest absolute Gasteiger partial charge is 0.0636 e. The van der Waals surface area contributed by atoms with Crippen molar-refractivity contribution in [2.45, 2.75) is 58.4 Å². The van der Waals surface area contributed by atoms with Gasteiger partial charge >= 0.3 is 0 Å². The molecule has 0 aliphatic carbocycles. The van der Waals surface area contributed by atoms with Crippen molar-refractivity contribution >= 4 is 0 Å². The zero-order valence-electron chi connectivity index (χ0n) is 10.3. The van der Waals surface area contributed by atoms with Gasteiger partial charge in [-0.1, -0.05) is 0 Å². The van der Waals surface area contributed by atoms with Crippen LogP contribution in [0.5, 0.6) is 0 Å². The van der Waals surface area contributed by atoms with Crippen LogP contribution in [0.25, 0.3) is 0 Å². The fourth-order valence-corrected chi connectivity index (χ4v) is 1.44. The molecule has 0 spiro atoms. The van der Waals surface area contributed by atoms with Gasteiger partial charge in [0.1, 0.15) is 0 Å². The van der Waals surface area contributed by atoms with Gasteiger partial charge in [0.25, 0.3) is 0 Å². The highest BCUT2D eigenvalue weighted by molar-refractivity contribution is 4.71. The molecule has 0 radical (unpaired) electrons. The molecule has 4 atom stereocenters. The van der Waals surface area contributed by atoms with Gasteiger partial charge in [-0.3, -0.25) is 0 Å². The Kier molecular flexibility index (Phi) is 7.96. The van der Waals surface area contributed by atoms with Gasteiger partial charge in [-0.15, -0.1) is 0 Å². The molecule has 0 amide bonds. The first kappa shape index (κ1) is 14.8. The van der Waals surface area contributed by atoms with Crippen LogP contribution in [0.3, 0.4) is 0 Å². The lowest BCUT2D eigenvalue weighted by atomic mass is 10.1. The standard InChI is InChI=1S/C11H26N2O2/c1-8(12-6-10(3)14)5-9(2)13-7-11(4)15/h8-15H,5-7H2,1-4H3. The van der Waals surface area contributed by atoms with Gasteiger partial charge in [-0.25, -0.2) is 0 Å². The molecule has 0 aliphatic rings. The van der Waals surface area contributed by atoms with Crippen LogP contribution in [0.1, 0.15) is 34.1 Å². The minimum atomic E-state index is -0.298. The van der Waals surface area contributed by atoms with Crippen LogP contribution in [-0.4, -0.2) is 47.6 Å². The largest absolute Gasteiger partial charge is 0.392 e. The maximum absolute atomic E-state index is 9.10. The van der Waals surface area contributed by atoms with Crippen molar-refractivity contribution in [3.8, 4) is 0 Å². The summed E-state index contributed by atoms with van der Waals surface area (Å²) in [6.45, 7) is 9.00. The highest BCUT2D eigenvalue weighted by atomic mass is 16.3. The molecule has 0 aliphatic heterocycles. The molecule has 0 rings (SSSR count). The second-order valence-corrected chi connectivity index (χ2v) is 4.55. The first-order valence-electron chi connectivity index (χ1n) is 5.74. The van der Waals surface area contributed by atoms with Crippen LogP contribution in [0.2, 0.25) is 0 Å². The molecule has 92 valence electrons. The number of aliphatic hydroxyl groups excluding tert-OH is 2. The van der Waals surface area contributed by atoms with Gasteiger partial charge in [0.05, 0.1) is 12.2 Å². The molecular weight excluding hydrogens is 192 g/mol. The van der Waals surface area contributed by atoms with E-state index in [1.807, 2.05) is 0 Å². The normalized spacial score (nSPS) is 19.6. The highest BCUT2D eigenvalue weighted by Gasteiger charge is 2.09. The molecule has 4 unspecified atom stereocenters. The predicted octanol–water partition coefficient (Wildman–Crippen LogP) is 0.0943. The molecule has 4 heteroatoms. The third kappa shape index (κ3) is 10.1. The third-order valence-electron chi connectivity index (χ3n) is 2.23. The maximum atomic E-state index is 9.10. The van der Waals surface area contributed by atoms with E-state index < -0.39 is 0 Å². The van der Waals surface area contributed by atoms with Gasteiger partial charge in [0.2, 0.25) is 0 Å². The Labute approximate surface area is 93.1 Å².